The third-order valence-electron chi connectivity index (χ3n) is 6.46. The van der Waals surface area contributed by atoms with Gasteiger partial charge in [-0.25, -0.2) is 4.98 Å². The Balaban J connectivity index is 1.23. The first-order chi connectivity index (χ1) is 15.5. The highest BCUT2D eigenvalue weighted by Crippen LogP contribution is 2.20. The zero-order chi connectivity index (χ0) is 22.3. The van der Waals surface area contributed by atoms with Gasteiger partial charge < -0.3 is 15.0 Å². The lowest BCUT2D eigenvalue weighted by Gasteiger charge is -2.29. The van der Waals surface area contributed by atoms with Crippen LogP contribution in [0.3, 0.4) is 0 Å². The number of anilines is 1. The van der Waals surface area contributed by atoms with Crippen LogP contribution in [-0.2, 0) is 13.0 Å². The molecule has 2 heterocycles. The normalized spacial score (nSPS) is 15.5. The van der Waals surface area contributed by atoms with E-state index in [0.29, 0.717) is 5.92 Å². The largest absolute Gasteiger partial charge is 0.492 e. The fourth-order valence-corrected chi connectivity index (χ4v) is 4.20. The highest BCUT2D eigenvalue weighted by atomic mass is 16.5. The summed E-state index contributed by atoms with van der Waals surface area (Å²) in [5, 5.41) is 3.53. The number of hydrogen-bond donors (Lipinski definition) is 2. The first-order valence-corrected chi connectivity index (χ1v) is 12.2. The first kappa shape index (κ1) is 22.7. The van der Waals surface area contributed by atoms with E-state index in [1.165, 1.54) is 31.5 Å². The van der Waals surface area contributed by atoms with Gasteiger partial charge in [0.05, 0.1) is 11.0 Å². The van der Waals surface area contributed by atoms with E-state index in [-0.39, 0.29) is 0 Å². The summed E-state index contributed by atoms with van der Waals surface area (Å²) in [6.07, 6.45) is 4.78. The van der Waals surface area contributed by atoms with Gasteiger partial charge in [-0.1, -0.05) is 32.9 Å². The molecule has 2 aromatic carbocycles. The Hall–Kier alpha value is -2.53. The second kappa shape index (κ2) is 10.9. The van der Waals surface area contributed by atoms with E-state index in [1.54, 1.807) is 0 Å². The molecule has 1 fully saturated rings. The van der Waals surface area contributed by atoms with Crippen LogP contribution in [-0.4, -0.2) is 41.1 Å². The smallest absolute Gasteiger partial charge is 0.119 e. The van der Waals surface area contributed by atoms with Crippen molar-refractivity contribution in [2.45, 2.75) is 53.0 Å². The van der Waals surface area contributed by atoms with Crippen LogP contribution in [0.5, 0.6) is 5.75 Å². The predicted octanol–water partition coefficient (Wildman–Crippen LogP) is 5.87. The van der Waals surface area contributed by atoms with Crippen molar-refractivity contribution in [2.75, 3.05) is 31.6 Å². The minimum atomic E-state index is 0.691. The van der Waals surface area contributed by atoms with Gasteiger partial charge >= 0.3 is 0 Å². The molecular weight excluding hydrogens is 396 g/mol. The zero-order valence-electron chi connectivity index (χ0n) is 19.9. The molecule has 4 rings (SSSR count). The van der Waals surface area contributed by atoms with Crippen molar-refractivity contribution >= 4 is 16.7 Å². The molecule has 0 atom stereocenters. The lowest BCUT2D eigenvalue weighted by Crippen LogP contribution is -2.35. The number of aromatic amines is 1. The van der Waals surface area contributed by atoms with E-state index in [4.69, 9.17) is 9.72 Å². The maximum atomic E-state index is 5.97. The van der Waals surface area contributed by atoms with Crippen molar-refractivity contribution in [1.82, 2.24) is 14.9 Å². The zero-order valence-corrected chi connectivity index (χ0v) is 19.9. The molecular formula is C27H38N4O. The number of ether oxygens (including phenoxy) is 1. The highest BCUT2D eigenvalue weighted by Gasteiger charge is 2.15. The van der Waals surface area contributed by atoms with Gasteiger partial charge in [0.25, 0.3) is 0 Å². The van der Waals surface area contributed by atoms with E-state index < -0.39 is 0 Å². The molecule has 1 aliphatic rings. The number of rotatable bonds is 10. The van der Waals surface area contributed by atoms with Crippen LogP contribution in [0.4, 0.5) is 5.69 Å². The molecule has 0 bridgehead atoms. The fraction of sp³-hybridized carbons (Fsp3) is 0.519. The Labute approximate surface area is 192 Å². The van der Waals surface area contributed by atoms with Crippen LogP contribution in [0.25, 0.3) is 11.0 Å². The van der Waals surface area contributed by atoms with Gasteiger partial charge in [-0.05, 0) is 80.1 Å². The molecule has 0 radical (unpaired) electrons. The number of likely N-dealkylation sites (tertiary alicyclic amines) is 1. The Morgan fingerprint density at radius 1 is 1.12 bits per heavy atom. The molecule has 2 N–H and O–H groups in total. The number of H-pyrrole nitrogens is 1. The summed E-state index contributed by atoms with van der Waals surface area (Å²) in [6, 6.07) is 14.8. The number of piperidine rings is 1. The van der Waals surface area contributed by atoms with Gasteiger partial charge in [-0.3, -0.25) is 4.90 Å². The van der Waals surface area contributed by atoms with Gasteiger partial charge in [-0.2, -0.15) is 0 Å². The third kappa shape index (κ3) is 6.49. The second-order valence-corrected chi connectivity index (χ2v) is 9.72. The van der Waals surface area contributed by atoms with Crippen LogP contribution in [0.2, 0.25) is 0 Å². The number of aromatic nitrogens is 2. The van der Waals surface area contributed by atoms with Crippen LogP contribution in [0.1, 0.15) is 51.4 Å². The third-order valence-corrected chi connectivity index (χ3v) is 6.46. The first-order valence-electron chi connectivity index (χ1n) is 12.2. The maximum Gasteiger partial charge on any atom is 0.119 e. The molecule has 1 aromatic heterocycles. The monoisotopic (exact) mass is 434 g/mol. The highest BCUT2D eigenvalue weighted by molar-refractivity contribution is 5.79. The van der Waals surface area contributed by atoms with Gasteiger partial charge in [0, 0.05) is 25.2 Å². The Bertz CT molecular complexity index is 971. The Kier molecular flexibility index (Phi) is 7.69. The van der Waals surface area contributed by atoms with Crippen LogP contribution >= 0.6 is 0 Å². The van der Waals surface area contributed by atoms with E-state index in [9.17, 15) is 0 Å². The molecule has 32 heavy (non-hydrogen) atoms. The quantitative estimate of drug-likeness (QED) is 0.419. The van der Waals surface area contributed by atoms with Crippen molar-refractivity contribution < 1.29 is 4.74 Å². The maximum absolute atomic E-state index is 5.97. The van der Waals surface area contributed by atoms with E-state index in [0.717, 1.165) is 66.8 Å². The van der Waals surface area contributed by atoms with E-state index >= 15 is 0 Å². The SMILES string of the molecule is CC(C)CCc1nc2ccc(NCc3ccc(OCCN4CCC(C)CC4)cc3)cc2[nH]1. The lowest BCUT2D eigenvalue weighted by molar-refractivity contribution is 0.160. The van der Waals surface area contributed by atoms with Crippen molar-refractivity contribution in [2.24, 2.45) is 11.8 Å². The van der Waals surface area contributed by atoms with Crippen molar-refractivity contribution in [3.05, 3.63) is 53.9 Å². The topological polar surface area (TPSA) is 53.2 Å². The van der Waals surface area contributed by atoms with Crippen molar-refractivity contribution in [1.29, 1.82) is 0 Å². The van der Waals surface area contributed by atoms with Crippen LogP contribution < -0.4 is 10.1 Å². The molecule has 0 unspecified atom stereocenters. The number of hydrogen-bond acceptors (Lipinski definition) is 4. The van der Waals surface area contributed by atoms with E-state index in [1.807, 2.05) is 0 Å². The summed E-state index contributed by atoms with van der Waals surface area (Å²) in [4.78, 5) is 10.7. The molecule has 0 saturated carbocycles. The number of imidazole rings is 1. The number of nitrogens with zero attached hydrogens (tertiary/aromatic N) is 2. The van der Waals surface area contributed by atoms with Crippen LogP contribution in [0.15, 0.2) is 42.5 Å². The van der Waals surface area contributed by atoms with Crippen molar-refractivity contribution in [3.8, 4) is 5.75 Å². The summed E-state index contributed by atoms with van der Waals surface area (Å²) >= 11 is 0. The molecule has 0 spiro atoms. The summed E-state index contributed by atoms with van der Waals surface area (Å²) < 4.78 is 5.97. The van der Waals surface area contributed by atoms with Gasteiger partial charge in [0.2, 0.25) is 0 Å². The molecule has 5 nitrogen and oxygen atoms in total. The predicted molar refractivity (Wildman–Crippen MR) is 133 cm³/mol. The minimum absolute atomic E-state index is 0.691. The fourth-order valence-electron chi connectivity index (χ4n) is 4.20. The standard InChI is InChI=1S/C27H38N4O/c1-20(2)4-11-27-29-25-10-7-23(18-26(25)30-27)28-19-22-5-8-24(9-6-22)32-17-16-31-14-12-21(3)13-15-31/h5-10,18,20-21,28H,4,11-17,19H2,1-3H3,(H,29,30). The summed E-state index contributed by atoms with van der Waals surface area (Å²) in [7, 11) is 0. The molecule has 1 aliphatic heterocycles. The molecule has 0 amide bonds. The summed E-state index contributed by atoms with van der Waals surface area (Å²) in [5.74, 6) is 3.60. The number of benzene rings is 2. The Morgan fingerprint density at radius 3 is 2.66 bits per heavy atom. The van der Waals surface area contributed by atoms with Gasteiger partial charge in [0.1, 0.15) is 18.2 Å². The van der Waals surface area contributed by atoms with Gasteiger partial charge in [0.15, 0.2) is 0 Å². The number of fused-ring (bicyclic) bond motifs is 1. The van der Waals surface area contributed by atoms with Gasteiger partial charge in [-0.15, -0.1) is 0 Å². The number of aryl methyl sites for hydroxylation is 1. The lowest BCUT2D eigenvalue weighted by atomic mass is 9.99. The molecule has 1 saturated heterocycles. The summed E-state index contributed by atoms with van der Waals surface area (Å²) in [6.45, 7) is 11.8. The summed E-state index contributed by atoms with van der Waals surface area (Å²) in [5.41, 5.74) is 4.48. The number of nitrogens with one attached hydrogen (secondary N) is 2. The molecule has 5 heteroatoms. The van der Waals surface area contributed by atoms with E-state index in [2.05, 4.69) is 78.4 Å². The molecule has 3 aromatic rings. The minimum Gasteiger partial charge on any atom is -0.492 e. The van der Waals surface area contributed by atoms with Crippen LogP contribution in [0, 0.1) is 11.8 Å². The molecule has 0 aliphatic carbocycles. The average Bonchev–Trinajstić information content (AvgIpc) is 3.21. The molecule has 172 valence electrons. The second-order valence-electron chi connectivity index (χ2n) is 9.72. The van der Waals surface area contributed by atoms with Crippen molar-refractivity contribution in [3.63, 3.8) is 0 Å². The Morgan fingerprint density at radius 2 is 1.91 bits per heavy atom. The average molecular weight is 435 g/mol.